The zero-order valence-electron chi connectivity index (χ0n) is 10.1. The molecule has 0 radical (unpaired) electrons. The molecule has 2 aromatic heterocycles. The van der Waals surface area contributed by atoms with E-state index in [2.05, 4.69) is 15.0 Å². The molecular formula is C13H11Cl2N3OS. The van der Waals surface area contributed by atoms with Gasteiger partial charge in [0, 0.05) is 22.2 Å². The predicted molar refractivity (Wildman–Crippen MR) is 85.2 cm³/mol. The van der Waals surface area contributed by atoms with Gasteiger partial charge in [0.25, 0.3) is 5.56 Å². The molecule has 0 amide bonds. The summed E-state index contributed by atoms with van der Waals surface area (Å²) in [5.74, 6) is 0. The molecule has 7 heteroatoms. The van der Waals surface area contributed by atoms with Crippen molar-refractivity contribution in [2.75, 3.05) is 0 Å². The molecule has 0 fully saturated rings. The lowest BCUT2D eigenvalue weighted by atomic mass is 10.2. The topological polar surface area (TPSA) is 58.6 Å². The standard InChI is InChI=1S/C13H9N3OS.2ClH/c17-13-12-10(15-8-16-13)2-1-3-11(12)18-9-4-6-14-7-5-9;;/h1-8H,(H,15,16,17);2*1H. The number of pyridine rings is 1. The fourth-order valence-corrected chi connectivity index (χ4v) is 2.66. The van der Waals surface area contributed by atoms with E-state index in [1.54, 1.807) is 12.4 Å². The largest absolute Gasteiger partial charge is 0.313 e. The van der Waals surface area contributed by atoms with Gasteiger partial charge in [0.05, 0.1) is 17.2 Å². The second kappa shape index (κ2) is 7.28. The van der Waals surface area contributed by atoms with E-state index in [9.17, 15) is 4.79 Å². The van der Waals surface area contributed by atoms with Crippen LogP contribution in [0.5, 0.6) is 0 Å². The lowest BCUT2D eigenvalue weighted by Gasteiger charge is -2.04. The van der Waals surface area contributed by atoms with Gasteiger partial charge in [0.2, 0.25) is 0 Å². The van der Waals surface area contributed by atoms with Crippen molar-refractivity contribution in [3.63, 3.8) is 0 Å². The first-order valence-electron chi connectivity index (χ1n) is 5.39. The summed E-state index contributed by atoms with van der Waals surface area (Å²) in [6.45, 7) is 0. The van der Waals surface area contributed by atoms with Crippen molar-refractivity contribution in [1.29, 1.82) is 0 Å². The third kappa shape index (κ3) is 3.30. The number of H-pyrrole nitrogens is 1. The van der Waals surface area contributed by atoms with Gasteiger partial charge < -0.3 is 4.98 Å². The molecule has 3 rings (SSSR count). The zero-order chi connectivity index (χ0) is 12.4. The molecule has 3 aromatic rings. The van der Waals surface area contributed by atoms with E-state index >= 15 is 0 Å². The number of aromatic amines is 1. The number of halogens is 2. The van der Waals surface area contributed by atoms with Crippen molar-refractivity contribution in [3.8, 4) is 0 Å². The van der Waals surface area contributed by atoms with Gasteiger partial charge in [-0.15, -0.1) is 24.8 Å². The molecule has 0 saturated carbocycles. The summed E-state index contributed by atoms with van der Waals surface area (Å²) in [6.07, 6.45) is 4.89. The van der Waals surface area contributed by atoms with E-state index in [-0.39, 0.29) is 30.4 Å². The van der Waals surface area contributed by atoms with Crippen LogP contribution in [0.3, 0.4) is 0 Å². The molecule has 0 aliphatic carbocycles. The molecule has 0 unspecified atom stereocenters. The Kier molecular flexibility index (Phi) is 6.01. The molecule has 0 atom stereocenters. The van der Waals surface area contributed by atoms with Gasteiger partial charge in [-0.1, -0.05) is 17.8 Å². The van der Waals surface area contributed by atoms with Gasteiger partial charge >= 0.3 is 0 Å². The highest BCUT2D eigenvalue weighted by Gasteiger charge is 2.07. The molecule has 0 aliphatic heterocycles. The summed E-state index contributed by atoms with van der Waals surface area (Å²) in [5.41, 5.74) is 0.593. The fourth-order valence-electron chi connectivity index (χ4n) is 1.71. The van der Waals surface area contributed by atoms with Gasteiger partial charge in [0.1, 0.15) is 0 Å². The van der Waals surface area contributed by atoms with Crippen LogP contribution in [0.15, 0.2) is 63.6 Å². The first kappa shape index (κ1) is 16.5. The highest BCUT2D eigenvalue weighted by Crippen LogP contribution is 2.30. The summed E-state index contributed by atoms with van der Waals surface area (Å²) in [5, 5.41) is 0.627. The third-order valence-corrected chi connectivity index (χ3v) is 3.58. The smallest absolute Gasteiger partial charge is 0.259 e. The SMILES string of the molecule is Cl.Cl.O=c1[nH]cnc2cccc(Sc3ccncc3)c12. The lowest BCUT2D eigenvalue weighted by molar-refractivity contribution is 1.16. The van der Waals surface area contributed by atoms with Crippen molar-refractivity contribution >= 4 is 47.5 Å². The Bertz CT molecular complexity index is 744. The number of fused-ring (bicyclic) bond motifs is 1. The second-order valence-corrected chi connectivity index (χ2v) is 4.78. The summed E-state index contributed by atoms with van der Waals surface area (Å²) >= 11 is 1.53. The minimum absolute atomic E-state index is 0. The average molecular weight is 328 g/mol. The van der Waals surface area contributed by atoms with Crippen LogP contribution in [0, 0.1) is 0 Å². The molecule has 4 nitrogen and oxygen atoms in total. The van der Waals surface area contributed by atoms with E-state index in [1.165, 1.54) is 18.1 Å². The summed E-state index contributed by atoms with van der Waals surface area (Å²) in [7, 11) is 0. The van der Waals surface area contributed by atoms with Gasteiger partial charge in [0.15, 0.2) is 0 Å². The molecule has 0 spiro atoms. The summed E-state index contributed by atoms with van der Waals surface area (Å²) in [6, 6.07) is 9.48. The van der Waals surface area contributed by atoms with Crippen molar-refractivity contribution in [2.45, 2.75) is 9.79 Å². The Morgan fingerprint density at radius 2 is 1.80 bits per heavy atom. The molecule has 1 N–H and O–H groups in total. The first-order chi connectivity index (χ1) is 8.84. The third-order valence-electron chi connectivity index (χ3n) is 2.51. The molecule has 20 heavy (non-hydrogen) atoms. The monoisotopic (exact) mass is 327 g/mol. The molecular weight excluding hydrogens is 317 g/mol. The Labute approximate surface area is 131 Å². The second-order valence-electron chi connectivity index (χ2n) is 3.67. The number of nitrogens with one attached hydrogen (secondary N) is 1. The summed E-state index contributed by atoms with van der Waals surface area (Å²) < 4.78 is 0. The Morgan fingerprint density at radius 3 is 2.55 bits per heavy atom. The van der Waals surface area contributed by atoms with Crippen LogP contribution < -0.4 is 5.56 Å². The molecule has 0 saturated heterocycles. The minimum atomic E-state index is -0.114. The Morgan fingerprint density at radius 1 is 1.05 bits per heavy atom. The maximum Gasteiger partial charge on any atom is 0.259 e. The number of nitrogens with zero attached hydrogens (tertiary/aromatic N) is 2. The van der Waals surface area contributed by atoms with Crippen LogP contribution in [0.25, 0.3) is 10.9 Å². The Hall–Kier alpha value is -1.56. The lowest BCUT2D eigenvalue weighted by Crippen LogP contribution is -2.07. The molecule has 0 bridgehead atoms. The highest BCUT2D eigenvalue weighted by atomic mass is 35.5. The number of hydrogen-bond acceptors (Lipinski definition) is 4. The van der Waals surface area contributed by atoms with Gasteiger partial charge in [-0.2, -0.15) is 0 Å². The quantitative estimate of drug-likeness (QED) is 0.784. The maximum atomic E-state index is 11.9. The molecule has 1 aromatic carbocycles. The van der Waals surface area contributed by atoms with Crippen molar-refractivity contribution in [2.24, 2.45) is 0 Å². The zero-order valence-corrected chi connectivity index (χ0v) is 12.6. The molecule has 0 aliphatic rings. The fraction of sp³-hybridized carbons (Fsp3) is 0. The number of aromatic nitrogens is 3. The van der Waals surface area contributed by atoms with E-state index in [1.807, 2.05) is 30.3 Å². The van der Waals surface area contributed by atoms with Crippen LogP contribution in [0.1, 0.15) is 0 Å². The van der Waals surface area contributed by atoms with Crippen molar-refractivity contribution in [1.82, 2.24) is 15.0 Å². The van der Waals surface area contributed by atoms with Crippen LogP contribution in [0.4, 0.5) is 0 Å². The summed E-state index contributed by atoms with van der Waals surface area (Å²) in [4.78, 5) is 24.6. The van der Waals surface area contributed by atoms with Crippen molar-refractivity contribution in [3.05, 3.63) is 59.4 Å². The number of rotatable bonds is 2. The number of benzene rings is 1. The number of hydrogen-bond donors (Lipinski definition) is 1. The molecule has 104 valence electrons. The van der Waals surface area contributed by atoms with Crippen molar-refractivity contribution < 1.29 is 0 Å². The van der Waals surface area contributed by atoms with Gasteiger partial charge in [-0.25, -0.2) is 4.98 Å². The van der Waals surface area contributed by atoms with E-state index in [0.29, 0.717) is 10.9 Å². The predicted octanol–water partition coefficient (Wildman–Crippen LogP) is 3.31. The van der Waals surface area contributed by atoms with Crippen LogP contribution in [-0.2, 0) is 0 Å². The van der Waals surface area contributed by atoms with E-state index < -0.39 is 0 Å². The van der Waals surface area contributed by atoms with Gasteiger partial charge in [-0.3, -0.25) is 9.78 Å². The van der Waals surface area contributed by atoms with E-state index in [0.717, 1.165) is 9.79 Å². The van der Waals surface area contributed by atoms with Gasteiger partial charge in [-0.05, 0) is 24.3 Å². The van der Waals surface area contributed by atoms with E-state index in [4.69, 9.17) is 0 Å². The normalized spacial score (nSPS) is 9.60. The molecule has 2 heterocycles. The van der Waals surface area contributed by atoms with Crippen LogP contribution in [0.2, 0.25) is 0 Å². The maximum absolute atomic E-state index is 11.9. The first-order valence-corrected chi connectivity index (χ1v) is 6.20. The average Bonchev–Trinajstić information content (AvgIpc) is 2.40. The van der Waals surface area contributed by atoms with Crippen LogP contribution in [-0.4, -0.2) is 15.0 Å². The highest BCUT2D eigenvalue weighted by molar-refractivity contribution is 7.99. The Balaban J connectivity index is 0.000001000. The van der Waals surface area contributed by atoms with Crippen LogP contribution >= 0.6 is 36.6 Å². The minimum Gasteiger partial charge on any atom is -0.313 e.